The number of hydrogen-bond acceptors (Lipinski definition) is 4. The highest BCUT2D eigenvalue weighted by Crippen LogP contribution is 1.95. The Morgan fingerprint density at radius 2 is 2.29 bits per heavy atom. The van der Waals surface area contributed by atoms with Gasteiger partial charge in [0, 0.05) is 26.3 Å². The Balaban J connectivity index is 2.52. The Hall–Kier alpha value is -1.36. The lowest BCUT2D eigenvalue weighted by Gasteiger charge is -2.10. The van der Waals surface area contributed by atoms with Crippen LogP contribution in [0.2, 0.25) is 0 Å². The van der Waals surface area contributed by atoms with Crippen LogP contribution >= 0.6 is 0 Å². The quantitative estimate of drug-likeness (QED) is 0.721. The van der Waals surface area contributed by atoms with Crippen LogP contribution in [0.15, 0.2) is 17.1 Å². The number of aromatic nitrogens is 2. The van der Waals surface area contributed by atoms with Gasteiger partial charge in [-0.25, -0.2) is 4.79 Å². The van der Waals surface area contributed by atoms with Crippen molar-refractivity contribution < 1.29 is 0 Å². The van der Waals surface area contributed by atoms with Crippen LogP contribution < -0.4 is 11.0 Å². The van der Waals surface area contributed by atoms with Crippen molar-refractivity contribution in [1.82, 2.24) is 14.5 Å². The molecule has 1 heterocycles. The molecular formula is C9H16N4O. The van der Waals surface area contributed by atoms with E-state index in [-0.39, 0.29) is 5.69 Å². The van der Waals surface area contributed by atoms with Gasteiger partial charge in [-0.05, 0) is 20.2 Å². The van der Waals surface area contributed by atoms with Crippen molar-refractivity contribution >= 4 is 5.82 Å². The van der Waals surface area contributed by atoms with Crippen molar-refractivity contribution in [3.63, 3.8) is 0 Å². The molecule has 0 spiro atoms. The molecule has 0 aliphatic heterocycles. The van der Waals surface area contributed by atoms with E-state index in [9.17, 15) is 4.79 Å². The van der Waals surface area contributed by atoms with Gasteiger partial charge in [0.1, 0.15) is 5.82 Å². The molecule has 78 valence electrons. The number of nitrogens with zero attached hydrogens (tertiary/aromatic N) is 3. The SMILES string of the molecule is CN(C)CCNc1ccn(C)c(=O)n1. The van der Waals surface area contributed by atoms with E-state index in [4.69, 9.17) is 0 Å². The fourth-order valence-corrected chi connectivity index (χ4v) is 0.971. The number of aryl methyl sites for hydroxylation is 1. The monoisotopic (exact) mass is 196 g/mol. The van der Waals surface area contributed by atoms with Crippen LogP contribution in [0.25, 0.3) is 0 Å². The minimum Gasteiger partial charge on any atom is -0.369 e. The van der Waals surface area contributed by atoms with Gasteiger partial charge in [0.15, 0.2) is 0 Å². The van der Waals surface area contributed by atoms with Gasteiger partial charge < -0.3 is 14.8 Å². The second kappa shape index (κ2) is 4.76. The van der Waals surface area contributed by atoms with Crippen LogP contribution in [0.3, 0.4) is 0 Å². The molecule has 0 aliphatic rings. The molecule has 1 aromatic heterocycles. The summed E-state index contributed by atoms with van der Waals surface area (Å²) in [7, 11) is 5.68. The highest BCUT2D eigenvalue weighted by Gasteiger charge is 1.96. The van der Waals surface area contributed by atoms with E-state index >= 15 is 0 Å². The van der Waals surface area contributed by atoms with Crippen molar-refractivity contribution in [2.45, 2.75) is 0 Å². The molecule has 0 fully saturated rings. The molecule has 0 aliphatic carbocycles. The van der Waals surface area contributed by atoms with Crippen LogP contribution in [0.1, 0.15) is 0 Å². The first-order valence-corrected chi connectivity index (χ1v) is 4.52. The van der Waals surface area contributed by atoms with Crippen LogP contribution in [0.4, 0.5) is 5.82 Å². The molecule has 0 unspecified atom stereocenters. The molecule has 5 heteroatoms. The molecule has 1 rings (SSSR count). The van der Waals surface area contributed by atoms with Gasteiger partial charge in [0.25, 0.3) is 0 Å². The van der Waals surface area contributed by atoms with Crippen LogP contribution in [0, 0.1) is 0 Å². The van der Waals surface area contributed by atoms with Gasteiger partial charge in [0.05, 0.1) is 0 Å². The first-order chi connectivity index (χ1) is 6.59. The molecule has 14 heavy (non-hydrogen) atoms. The largest absolute Gasteiger partial charge is 0.369 e. The van der Waals surface area contributed by atoms with Crippen molar-refractivity contribution in [2.75, 3.05) is 32.5 Å². The van der Waals surface area contributed by atoms with Gasteiger partial charge in [0.2, 0.25) is 0 Å². The highest BCUT2D eigenvalue weighted by atomic mass is 16.1. The third-order valence-electron chi connectivity index (χ3n) is 1.84. The van der Waals surface area contributed by atoms with E-state index in [2.05, 4.69) is 15.2 Å². The lowest BCUT2D eigenvalue weighted by molar-refractivity contribution is 0.425. The smallest absolute Gasteiger partial charge is 0.349 e. The van der Waals surface area contributed by atoms with Gasteiger partial charge in [-0.1, -0.05) is 0 Å². The van der Waals surface area contributed by atoms with Crippen LogP contribution in [-0.2, 0) is 7.05 Å². The number of nitrogens with one attached hydrogen (secondary N) is 1. The number of anilines is 1. The Bertz CT molecular complexity index is 345. The molecule has 0 atom stereocenters. The van der Waals surface area contributed by atoms with E-state index in [1.807, 2.05) is 14.1 Å². The van der Waals surface area contributed by atoms with Gasteiger partial charge in [-0.15, -0.1) is 0 Å². The fourth-order valence-electron chi connectivity index (χ4n) is 0.971. The summed E-state index contributed by atoms with van der Waals surface area (Å²) in [6, 6.07) is 1.79. The molecule has 0 amide bonds. The van der Waals surface area contributed by atoms with E-state index in [1.54, 1.807) is 19.3 Å². The molecule has 0 saturated carbocycles. The lowest BCUT2D eigenvalue weighted by Crippen LogP contribution is -2.24. The predicted octanol–water partition coefficient (Wildman–Crippen LogP) is -0.246. The summed E-state index contributed by atoms with van der Waals surface area (Å²) in [6.07, 6.45) is 1.70. The van der Waals surface area contributed by atoms with Gasteiger partial charge in [-0.2, -0.15) is 4.98 Å². The zero-order valence-corrected chi connectivity index (χ0v) is 8.82. The Morgan fingerprint density at radius 1 is 1.57 bits per heavy atom. The Kier molecular flexibility index (Phi) is 3.64. The zero-order valence-electron chi connectivity index (χ0n) is 8.82. The lowest BCUT2D eigenvalue weighted by atomic mass is 10.5. The predicted molar refractivity (Wildman–Crippen MR) is 56.5 cm³/mol. The average molecular weight is 196 g/mol. The summed E-state index contributed by atoms with van der Waals surface area (Å²) in [6.45, 7) is 1.70. The summed E-state index contributed by atoms with van der Waals surface area (Å²) in [5, 5.41) is 3.08. The van der Waals surface area contributed by atoms with Crippen LogP contribution in [0.5, 0.6) is 0 Å². The maximum atomic E-state index is 11.1. The molecule has 0 saturated heterocycles. The molecule has 5 nitrogen and oxygen atoms in total. The standard InChI is InChI=1S/C9H16N4O/c1-12(2)7-5-10-8-4-6-13(3)9(14)11-8/h4,6H,5,7H2,1-3H3,(H,10,11,14). The fraction of sp³-hybridized carbons (Fsp3) is 0.556. The Morgan fingerprint density at radius 3 is 2.86 bits per heavy atom. The molecule has 0 aromatic carbocycles. The van der Waals surface area contributed by atoms with Crippen molar-refractivity contribution in [1.29, 1.82) is 0 Å². The summed E-state index contributed by atoms with van der Waals surface area (Å²) < 4.78 is 1.44. The normalized spacial score (nSPS) is 10.6. The third-order valence-corrected chi connectivity index (χ3v) is 1.84. The van der Waals surface area contributed by atoms with E-state index < -0.39 is 0 Å². The first-order valence-electron chi connectivity index (χ1n) is 4.52. The summed E-state index contributed by atoms with van der Waals surface area (Å²) in [5.74, 6) is 0.634. The van der Waals surface area contributed by atoms with Crippen LogP contribution in [-0.4, -0.2) is 41.6 Å². The van der Waals surface area contributed by atoms with Gasteiger partial charge in [-0.3, -0.25) is 0 Å². The maximum absolute atomic E-state index is 11.1. The number of likely N-dealkylation sites (N-methyl/N-ethyl adjacent to an activating group) is 1. The minimum absolute atomic E-state index is 0.236. The Labute approximate surface area is 83.4 Å². The maximum Gasteiger partial charge on any atom is 0.349 e. The molecule has 0 bridgehead atoms. The second-order valence-corrected chi connectivity index (χ2v) is 3.44. The third kappa shape index (κ3) is 3.18. The molecular weight excluding hydrogens is 180 g/mol. The van der Waals surface area contributed by atoms with Crippen molar-refractivity contribution in [3.05, 3.63) is 22.7 Å². The minimum atomic E-state index is -0.236. The van der Waals surface area contributed by atoms with E-state index in [1.165, 1.54) is 4.57 Å². The van der Waals surface area contributed by atoms with E-state index in [0.717, 1.165) is 13.1 Å². The number of rotatable bonds is 4. The summed E-state index contributed by atoms with van der Waals surface area (Å²) in [4.78, 5) is 17.0. The second-order valence-electron chi connectivity index (χ2n) is 3.44. The highest BCUT2D eigenvalue weighted by molar-refractivity contribution is 5.31. The average Bonchev–Trinajstić information content (AvgIpc) is 2.10. The summed E-state index contributed by atoms with van der Waals surface area (Å²) >= 11 is 0. The molecule has 1 N–H and O–H groups in total. The molecule has 1 aromatic rings. The first kappa shape index (κ1) is 10.7. The summed E-state index contributed by atoms with van der Waals surface area (Å²) in [5.41, 5.74) is -0.236. The topological polar surface area (TPSA) is 50.2 Å². The van der Waals surface area contributed by atoms with Crippen molar-refractivity contribution in [3.8, 4) is 0 Å². The number of hydrogen-bond donors (Lipinski definition) is 1. The van der Waals surface area contributed by atoms with Crippen molar-refractivity contribution in [2.24, 2.45) is 7.05 Å². The zero-order chi connectivity index (χ0) is 10.6. The van der Waals surface area contributed by atoms with Gasteiger partial charge >= 0.3 is 5.69 Å². The van der Waals surface area contributed by atoms with E-state index in [0.29, 0.717) is 5.82 Å². The molecule has 0 radical (unpaired) electrons.